The fourth-order valence-electron chi connectivity index (χ4n) is 4.55. The highest BCUT2D eigenvalue weighted by Gasteiger charge is 2.25. The summed E-state index contributed by atoms with van der Waals surface area (Å²) in [6, 6.07) is 13.7. The third-order valence-electron chi connectivity index (χ3n) is 6.45. The second-order valence-electron chi connectivity index (χ2n) is 8.20. The van der Waals surface area contributed by atoms with Crippen LogP contribution in [0.2, 0.25) is 0 Å². The van der Waals surface area contributed by atoms with Crippen LogP contribution in [0.15, 0.2) is 47.5 Å². The summed E-state index contributed by atoms with van der Waals surface area (Å²) in [5.74, 6) is 1.95. The summed E-state index contributed by atoms with van der Waals surface area (Å²) in [6.07, 6.45) is 9.60. The summed E-state index contributed by atoms with van der Waals surface area (Å²) < 4.78 is 14.1. The lowest BCUT2D eigenvalue weighted by Crippen LogP contribution is -2.19. The molecule has 1 fully saturated rings. The number of benzene rings is 2. The molecule has 148 valence electrons. The van der Waals surface area contributed by atoms with Crippen LogP contribution in [0.5, 0.6) is 0 Å². The Hall–Kier alpha value is -1.83. The molecule has 0 N–H and O–H groups in total. The highest BCUT2D eigenvalue weighted by Crippen LogP contribution is 2.40. The first-order valence-electron chi connectivity index (χ1n) is 10.6. The highest BCUT2D eigenvalue weighted by atomic mass is 32.1. The molecule has 1 nitrogen and oxygen atoms in total. The Bertz CT molecular complexity index is 815. The van der Waals surface area contributed by atoms with Gasteiger partial charge in [0.2, 0.25) is 0 Å². The number of hydrogen-bond acceptors (Lipinski definition) is 2. The molecule has 2 aromatic carbocycles. The van der Waals surface area contributed by atoms with Gasteiger partial charge < -0.3 is 0 Å². The number of aliphatic imine (C=N–C) groups is 1. The predicted octanol–water partition coefficient (Wildman–Crippen LogP) is 8.33. The lowest BCUT2D eigenvalue weighted by molar-refractivity contribution is 0.237. The van der Waals surface area contributed by atoms with Crippen molar-refractivity contribution in [3.05, 3.63) is 53.8 Å². The van der Waals surface area contributed by atoms with E-state index in [1.54, 1.807) is 6.07 Å². The van der Waals surface area contributed by atoms with E-state index >= 15 is 0 Å². The summed E-state index contributed by atoms with van der Waals surface area (Å²) in [4.78, 5) is 3.74. The fourth-order valence-corrected chi connectivity index (χ4v) is 4.65. The molecule has 0 heterocycles. The molecule has 3 heteroatoms. The fraction of sp³-hybridized carbons (Fsp3) is 0.480. The summed E-state index contributed by atoms with van der Waals surface area (Å²) in [6.45, 7) is 4.65. The zero-order chi connectivity index (χ0) is 19.9. The average Bonchev–Trinajstić information content (AvgIpc) is 2.74. The molecule has 1 unspecified atom stereocenters. The van der Waals surface area contributed by atoms with Crippen LogP contribution in [0.25, 0.3) is 11.1 Å². The number of halogens is 1. The number of hydrogen-bond donors (Lipinski definition) is 0. The molecule has 0 amide bonds. The first-order valence-corrected chi connectivity index (χ1v) is 11.0. The first-order chi connectivity index (χ1) is 13.6. The number of isothiocyanates is 1. The average molecular weight is 396 g/mol. The Kier molecular flexibility index (Phi) is 7.53. The zero-order valence-electron chi connectivity index (χ0n) is 17.0. The van der Waals surface area contributed by atoms with Gasteiger partial charge in [0.1, 0.15) is 11.5 Å². The van der Waals surface area contributed by atoms with Gasteiger partial charge in [-0.3, -0.25) is 0 Å². The van der Waals surface area contributed by atoms with Crippen molar-refractivity contribution in [2.24, 2.45) is 16.8 Å². The number of unbranched alkanes of at least 4 members (excludes halogenated alkanes) is 1. The molecule has 0 aromatic heterocycles. The summed E-state index contributed by atoms with van der Waals surface area (Å²) in [5, 5.41) is 2.22. The smallest absolute Gasteiger partial charge is 0.150 e. The molecule has 0 bridgehead atoms. The molecule has 1 atom stereocenters. The van der Waals surface area contributed by atoms with E-state index in [-0.39, 0.29) is 11.5 Å². The molecule has 0 spiro atoms. The minimum atomic E-state index is -0.368. The molecule has 0 saturated heterocycles. The molecule has 1 saturated carbocycles. The molecule has 1 aliphatic rings. The topological polar surface area (TPSA) is 12.4 Å². The van der Waals surface area contributed by atoms with Gasteiger partial charge in [0.25, 0.3) is 0 Å². The van der Waals surface area contributed by atoms with Gasteiger partial charge in [-0.15, -0.1) is 0 Å². The number of thiocarbonyl (C=S) groups is 1. The highest BCUT2D eigenvalue weighted by molar-refractivity contribution is 7.78. The Balaban J connectivity index is 1.64. The van der Waals surface area contributed by atoms with E-state index in [4.69, 9.17) is 0 Å². The molecular formula is C25H30FNS. The molecule has 28 heavy (non-hydrogen) atoms. The van der Waals surface area contributed by atoms with Crippen molar-refractivity contribution in [3.8, 4) is 11.1 Å². The maximum absolute atomic E-state index is 14.1. The maximum atomic E-state index is 14.1. The van der Waals surface area contributed by atoms with E-state index in [2.05, 4.69) is 60.5 Å². The Labute approximate surface area is 174 Å². The quantitative estimate of drug-likeness (QED) is 0.339. The minimum absolute atomic E-state index is 0.235. The Morgan fingerprint density at radius 3 is 2.36 bits per heavy atom. The monoisotopic (exact) mass is 395 g/mol. The third kappa shape index (κ3) is 5.16. The third-order valence-corrected chi connectivity index (χ3v) is 6.54. The van der Waals surface area contributed by atoms with Crippen LogP contribution in [0.3, 0.4) is 0 Å². The first kappa shape index (κ1) is 20.9. The van der Waals surface area contributed by atoms with Crippen molar-refractivity contribution < 1.29 is 4.39 Å². The van der Waals surface area contributed by atoms with Gasteiger partial charge in [-0.2, -0.15) is 4.99 Å². The summed E-state index contributed by atoms with van der Waals surface area (Å²) >= 11 is 4.55. The van der Waals surface area contributed by atoms with Gasteiger partial charge in [0.15, 0.2) is 0 Å². The number of rotatable bonds is 7. The Morgan fingerprint density at radius 1 is 1.07 bits per heavy atom. The second-order valence-corrected chi connectivity index (χ2v) is 8.39. The SMILES string of the molecule is CCCC[C@H]1CC[C@H](C(C)c2ccc(-c3ccc(N=C=S)c(F)c3)cc2)CC1. The molecule has 3 rings (SSSR count). The van der Waals surface area contributed by atoms with E-state index in [9.17, 15) is 4.39 Å². The molecular weight excluding hydrogens is 365 g/mol. The predicted molar refractivity (Wildman–Crippen MR) is 120 cm³/mol. The van der Waals surface area contributed by atoms with Crippen molar-refractivity contribution in [2.75, 3.05) is 0 Å². The van der Waals surface area contributed by atoms with Crippen molar-refractivity contribution in [3.63, 3.8) is 0 Å². The van der Waals surface area contributed by atoms with E-state index in [1.165, 1.54) is 56.6 Å². The minimum Gasteiger partial charge on any atom is -0.205 e. The normalized spacial score (nSPS) is 20.4. The van der Waals surface area contributed by atoms with Gasteiger partial charge in [-0.25, -0.2) is 4.39 Å². The van der Waals surface area contributed by atoms with E-state index in [1.807, 2.05) is 6.07 Å². The van der Waals surface area contributed by atoms with Gasteiger partial charge >= 0.3 is 0 Å². The second kappa shape index (κ2) is 10.1. The lowest BCUT2D eigenvalue weighted by atomic mass is 9.73. The van der Waals surface area contributed by atoms with E-state index in [0.717, 1.165) is 23.0 Å². The molecule has 0 radical (unpaired) electrons. The van der Waals surface area contributed by atoms with Crippen LogP contribution < -0.4 is 0 Å². The lowest BCUT2D eigenvalue weighted by Gasteiger charge is -2.32. The van der Waals surface area contributed by atoms with Crippen LogP contribution in [-0.4, -0.2) is 5.16 Å². The van der Waals surface area contributed by atoms with Gasteiger partial charge in [-0.05, 0) is 71.6 Å². The van der Waals surface area contributed by atoms with Crippen LogP contribution in [0.1, 0.15) is 70.3 Å². The van der Waals surface area contributed by atoms with Crippen molar-refractivity contribution >= 4 is 23.1 Å². The van der Waals surface area contributed by atoms with Crippen LogP contribution in [-0.2, 0) is 0 Å². The summed E-state index contributed by atoms with van der Waals surface area (Å²) in [7, 11) is 0. The molecule has 0 aliphatic heterocycles. The molecule has 1 aliphatic carbocycles. The van der Waals surface area contributed by atoms with Crippen molar-refractivity contribution in [1.82, 2.24) is 0 Å². The van der Waals surface area contributed by atoms with Gasteiger partial charge in [0.05, 0.1) is 5.16 Å². The summed E-state index contributed by atoms with van der Waals surface area (Å²) in [5.41, 5.74) is 3.51. The standard InChI is InChI=1S/C25H30FNS/c1-3-4-5-19-6-8-20(9-7-19)18(2)21-10-12-22(13-11-21)23-14-15-25(27-17-28)24(26)16-23/h10-16,18-20H,3-9H2,1-2H3/t18?,19-,20-. The van der Waals surface area contributed by atoms with E-state index in [0.29, 0.717) is 5.92 Å². The maximum Gasteiger partial charge on any atom is 0.150 e. The van der Waals surface area contributed by atoms with Gasteiger partial charge in [0, 0.05) is 0 Å². The largest absolute Gasteiger partial charge is 0.205 e. The van der Waals surface area contributed by atoms with E-state index < -0.39 is 0 Å². The van der Waals surface area contributed by atoms with Crippen LogP contribution >= 0.6 is 12.2 Å². The molecule has 2 aromatic rings. The van der Waals surface area contributed by atoms with Crippen LogP contribution in [0.4, 0.5) is 10.1 Å². The van der Waals surface area contributed by atoms with Crippen molar-refractivity contribution in [1.29, 1.82) is 0 Å². The van der Waals surface area contributed by atoms with Crippen LogP contribution in [0, 0.1) is 17.7 Å². The van der Waals surface area contributed by atoms with Crippen molar-refractivity contribution in [2.45, 2.75) is 64.7 Å². The van der Waals surface area contributed by atoms with Gasteiger partial charge in [-0.1, -0.05) is 76.3 Å². The zero-order valence-corrected chi connectivity index (χ0v) is 17.8. The number of nitrogens with zero attached hydrogens (tertiary/aromatic N) is 1. The Morgan fingerprint density at radius 2 is 1.75 bits per heavy atom.